The summed E-state index contributed by atoms with van der Waals surface area (Å²) in [4.78, 5) is 2.49. The number of unbranched alkanes of at least 4 members (excludes halogenated alkanes) is 2. The number of benzene rings is 1. The number of pyridine rings is 1. The lowest BCUT2D eigenvalue weighted by molar-refractivity contribution is -0.925. The zero-order valence-corrected chi connectivity index (χ0v) is 21.8. The third kappa shape index (κ3) is 8.88. The Balaban J connectivity index is 1.91. The average Bonchev–Trinajstić information content (AvgIpc) is 2.87. The van der Waals surface area contributed by atoms with Gasteiger partial charge < -0.3 is 9.38 Å². The monoisotopic (exact) mass is 453 g/mol. The van der Waals surface area contributed by atoms with Crippen molar-refractivity contribution in [3.8, 4) is 0 Å². The van der Waals surface area contributed by atoms with E-state index in [-0.39, 0.29) is 0 Å². The lowest BCUT2D eigenvalue weighted by Crippen LogP contribution is -2.49. The first kappa shape index (κ1) is 27.0. The van der Waals surface area contributed by atoms with Crippen molar-refractivity contribution in [2.24, 2.45) is 10.2 Å². The fourth-order valence-electron chi connectivity index (χ4n) is 4.31. The minimum Gasteiger partial charge on any atom is -0.372 e. The van der Waals surface area contributed by atoms with Crippen LogP contribution in [0.4, 0.5) is 17.1 Å². The highest BCUT2D eigenvalue weighted by Crippen LogP contribution is 2.22. The first-order valence-electron chi connectivity index (χ1n) is 13.2. The van der Waals surface area contributed by atoms with Crippen molar-refractivity contribution in [2.75, 3.05) is 44.2 Å². The van der Waals surface area contributed by atoms with E-state index in [0.29, 0.717) is 0 Å². The molecule has 0 aliphatic rings. The summed E-state index contributed by atoms with van der Waals surface area (Å²) >= 11 is 0. The molecule has 5 nitrogen and oxygen atoms in total. The molecule has 0 aliphatic heterocycles. The molecule has 0 saturated heterocycles. The number of quaternary nitrogens is 1. The second-order valence-electron chi connectivity index (χ2n) is 9.07. The Labute approximate surface area is 202 Å². The van der Waals surface area contributed by atoms with Crippen LogP contribution in [0.25, 0.3) is 0 Å². The first-order chi connectivity index (χ1) is 16.1. The lowest BCUT2D eigenvalue weighted by atomic mass is 10.2. The van der Waals surface area contributed by atoms with Crippen molar-refractivity contribution in [1.29, 1.82) is 0 Å². The van der Waals surface area contributed by atoms with Crippen LogP contribution in [-0.2, 0) is 6.54 Å². The van der Waals surface area contributed by atoms with E-state index in [1.807, 2.05) is 0 Å². The maximum absolute atomic E-state index is 4.45. The number of nitrogens with zero attached hydrogens (tertiary/aromatic N) is 5. The lowest BCUT2D eigenvalue weighted by Gasteiger charge is -2.35. The standard InChI is InChI=1S/C28H47N5/c1-6-11-21-32(22-12-7-2)28-16-14-26(15-17-28)29-30-27-18-23-31(24-19-27)20-13-25-33(8-3,9-4)10-5/h14-19,23-24H,6-13,20-22,25H2,1-5H3/q+2. The first-order valence-corrected chi connectivity index (χ1v) is 13.2. The van der Waals surface area contributed by atoms with Crippen LogP contribution in [0.1, 0.15) is 66.7 Å². The van der Waals surface area contributed by atoms with Gasteiger partial charge in [0.05, 0.1) is 44.0 Å². The molecule has 0 unspecified atom stereocenters. The predicted octanol–water partition coefficient (Wildman–Crippen LogP) is 7.06. The summed E-state index contributed by atoms with van der Waals surface area (Å²) in [5.41, 5.74) is 3.08. The molecular formula is C28H47N5+2. The number of aryl methyl sites for hydroxylation is 1. The normalized spacial score (nSPS) is 11.9. The van der Waals surface area contributed by atoms with Gasteiger partial charge in [-0.15, -0.1) is 0 Å². The topological polar surface area (TPSA) is 31.8 Å². The number of aromatic nitrogens is 1. The van der Waals surface area contributed by atoms with Gasteiger partial charge in [-0.25, -0.2) is 4.57 Å². The highest BCUT2D eigenvalue weighted by Gasteiger charge is 2.20. The number of hydrogen-bond donors (Lipinski definition) is 0. The van der Waals surface area contributed by atoms with Crippen LogP contribution < -0.4 is 9.47 Å². The minimum atomic E-state index is 0.892. The van der Waals surface area contributed by atoms with E-state index >= 15 is 0 Å². The van der Waals surface area contributed by atoms with Gasteiger partial charge in [-0.1, -0.05) is 26.7 Å². The van der Waals surface area contributed by atoms with Crippen molar-refractivity contribution in [3.63, 3.8) is 0 Å². The van der Waals surface area contributed by atoms with Crippen molar-refractivity contribution in [2.45, 2.75) is 73.3 Å². The molecule has 0 saturated carbocycles. The summed E-state index contributed by atoms with van der Waals surface area (Å²) in [6.45, 7) is 19.6. The minimum absolute atomic E-state index is 0.892. The van der Waals surface area contributed by atoms with Gasteiger partial charge in [0.2, 0.25) is 0 Å². The molecule has 5 heteroatoms. The summed E-state index contributed by atoms with van der Waals surface area (Å²) < 4.78 is 3.46. The van der Waals surface area contributed by atoms with E-state index in [9.17, 15) is 0 Å². The van der Waals surface area contributed by atoms with Crippen molar-refractivity contribution in [1.82, 2.24) is 0 Å². The van der Waals surface area contributed by atoms with Gasteiger partial charge >= 0.3 is 0 Å². The molecule has 0 fully saturated rings. The Morgan fingerprint density at radius 3 is 1.70 bits per heavy atom. The molecule has 0 spiro atoms. The maximum Gasteiger partial charge on any atom is 0.171 e. The van der Waals surface area contributed by atoms with Crippen LogP contribution in [0, 0.1) is 0 Å². The van der Waals surface area contributed by atoms with Crippen molar-refractivity contribution >= 4 is 17.1 Å². The molecule has 0 N–H and O–H groups in total. The van der Waals surface area contributed by atoms with Crippen LogP contribution in [-0.4, -0.2) is 43.8 Å². The highest BCUT2D eigenvalue weighted by atomic mass is 15.3. The quantitative estimate of drug-likeness (QED) is 0.152. The average molecular weight is 454 g/mol. The second-order valence-corrected chi connectivity index (χ2v) is 9.07. The molecule has 2 rings (SSSR count). The number of hydrogen-bond acceptors (Lipinski definition) is 3. The number of anilines is 1. The molecule has 182 valence electrons. The fraction of sp³-hybridized carbons (Fsp3) is 0.607. The van der Waals surface area contributed by atoms with E-state index in [4.69, 9.17) is 0 Å². The van der Waals surface area contributed by atoms with Gasteiger partial charge in [0.1, 0.15) is 0 Å². The van der Waals surface area contributed by atoms with Gasteiger partial charge in [-0.3, -0.25) is 0 Å². The third-order valence-electron chi connectivity index (χ3n) is 6.99. The molecule has 0 atom stereocenters. The molecule has 33 heavy (non-hydrogen) atoms. The second kappa shape index (κ2) is 14.8. The fourth-order valence-corrected chi connectivity index (χ4v) is 4.31. The largest absolute Gasteiger partial charge is 0.372 e. The highest BCUT2D eigenvalue weighted by molar-refractivity contribution is 5.52. The van der Waals surface area contributed by atoms with Crippen molar-refractivity contribution in [3.05, 3.63) is 48.8 Å². The zero-order chi connectivity index (χ0) is 23.9. The van der Waals surface area contributed by atoms with Crippen LogP contribution in [0.3, 0.4) is 0 Å². The van der Waals surface area contributed by atoms with E-state index in [1.165, 1.54) is 68.5 Å². The predicted molar refractivity (Wildman–Crippen MR) is 141 cm³/mol. The van der Waals surface area contributed by atoms with E-state index in [1.54, 1.807) is 0 Å². The molecule has 0 radical (unpaired) electrons. The van der Waals surface area contributed by atoms with Crippen molar-refractivity contribution < 1.29 is 9.05 Å². The maximum atomic E-state index is 4.45. The van der Waals surface area contributed by atoms with Crippen LogP contribution in [0.2, 0.25) is 0 Å². The Kier molecular flexibility index (Phi) is 12.1. The molecule has 1 aromatic heterocycles. The summed E-state index contributed by atoms with van der Waals surface area (Å²) in [6, 6.07) is 12.6. The molecule has 0 amide bonds. The summed E-state index contributed by atoms with van der Waals surface area (Å²) in [5.74, 6) is 0. The van der Waals surface area contributed by atoms with Gasteiger partial charge in [0, 0.05) is 30.9 Å². The zero-order valence-electron chi connectivity index (χ0n) is 21.8. The summed E-state index contributed by atoms with van der Waals surface area (Å²) in [7, 11) is 0. The molecule has 0 bridgehead atoms. The van der Waals surface area contributed by atoms with Gasteiger partial charge in [-0.2, -0.15) is 10.2 Å². The smallest absolute Gasteiger partial charge is 0.171 e. The van der Waals surface area contributed by atoms with Crippen LogP contribution >= 0.6 is 0 Å². The molecule has 1 aromatic carbocycles. The molecular weight excluding hydrogens is 406 g/mol. The number of rotatable bonds is 16. The SMILES string of the molecule is CCCCN(CCCC)c1ccc(N=Nc2cc[n+](CCC[N+](CC)(CC)CC)cc2)cc1. The Morgan fingerprint density at radius 2 is 1.21 bits per heavy atom. The van der Waals surface area contributed by atoms with Crippen LogP contribution in [0.15, 0.2) is 59.0 Å². The number of azo groups is 1. The van der Waals surface area contributed by atoms with Gasteiger partial charge in [0.15, 0.2) is 18.9 Å². The van der Waals surface area contributed by atoms with Gasteiger partial charge in [0.25, 0.3) is 0 Å². The van der Waals surface area contributed by atoms with Crippen LogP contribution in [0.5, 0.6) is 0 Å². The third-order valence-corrected chi connectivity index (χ3v) is 6.99. The summed E-state index contributed by atoms with van der Waals surface area (Å²) in [6.07, 6.45) is 10.3. The van der Waals surface area contributed by atoms with E-state index in [2.05, 4.69) is 103 Å². The molecule has 2 aromatic rings. The van der Waals surface area contributed by atoms with E-state index in [0.717, 1.165) is 31.0 Å². The Hall–Kier alpha value is -2.27. The Morgan fingerprint density at radius 1 is 0.697 bits per heavy atom. The molecule has 1 heterocycles. The van der Waals surface area contributed by atoms with Gasteiger partial charge in [-0.05, 0) is 57.9 Å². The van der Waals surface area contributed by atoms with E-state index < -0.39 is 0 Å². The Bertz CT molecular complexity index is 778. The molecule has 0 aliphatic carbocycles. The summed E-state index contributed by atoms with van der Waals surface area (Å²) in [5, 5.41) is 8.90.